The summed E-state index contributed by atoms with van der Waals surface area (Å²) in [5.41, 5.74) is 7.01. The van der Waals surface area contributed by atoms with Gasteiger partial charge in [0.15, 0.2) is 0 Å². The summed E-state index contributed by atoms with van der Waals surface area (Å²) in [4.78, 5) is 4.05. The Hall–Kier alpha value is -1.81. The first kappa shape index (κ1) is 10.7. The van der Waals surface area contributed by atoms with Gasteiger partial charge in [-0.05, 0) is 18.2 Å². The highest BCUT2D eigenvalue weighted by atomic mass is 19.1. The lowest BCUT2D eigenvalue weighted by molar-refractivity contribution is 0.585. The molecule has 0 saturated heterocycles. The van der Waals surface area contributed by atoms with Gasteiger partial charge in [-0.25, -0.2) is 8.78 Å². The highest BCUT2D eigenvalue weighted by Gasteiger charge is 2.10. The molecule has 0 spiro atoms. The maximum atomic E-state index is 13.5. The molecule has 0 unspecified atom stereocenters. The Bertz CT molecular complexity index is 512. The average Bonchev–Trinajstić information content (AvgIpc) is 2.29. The molecule has 2 aromatic rings. The first-order valence-electron chi connectivity index (χ1n) is 4.81. The Morgan fingerprint density at radius 2 is 1.94 bits per heavy atom. The molecule has 2 rings (SSSR count). The number of rotatable bonds is 2. The second-order valence-corrected chi connectivity index (χ2v) is 3.33. The Morgan fingerprint density at radius 1 is 1.12 bits per heavy atom. The topological polar surface area (TPSA) is 38.9 Å². The third kappa shape index (κ3) is 1.92. The van der Waals surface area contributed by atoms with E-state index in [-0.39, 0.29) is 6.54 Å². The number of benzene rings is 1. The van der Waals surface area contributed by atoms with Crippen LogP contribution in [0, 0.1) is 11.6 Å². The van der Waals surface area contributed by atoms with Crippen LogP contribution in [0.25, 0.3) is 11.1 Å². The fourth-order valence-electron chi connectivity index (χ4n) is 1.55. The fourth-order valence-corrected chi connectivity index (χ4v) is 1.55. The van der Waals surface area contributed by atoms with Crippen molar-refractivity contribution in [2.75, 3.05) is 0 Å². The molecule has 2 nitrogen and oxygen atoms in total. The number of hydrogen-bond donors (Lipinski definition) is 1. The van der Waals surface area contributed by atoms with Crippen molar-refractivity contribution in [3.63, 3.8) is 0 Å². The van der Waals surface area contributed by atoms with E-state index in [1.807, 2.05) is 0 Å². The van der Waals surface area contributed by atoms with Crippen LogP contribution in [0.3, 0.4) is 0 Å². The lowest BCUT2D eigenvalue weighted by atomic mass is 10.0. The summed E-state index contributed by atoms with van der Waals surface area (Å²) < 4.78 is 26.3. The van der Waals surface area contributed by atoms with Crippen molar-refractivity contribution in [3.8, 4) is 11.1 Å². The van der Waals surface area contributed by atoms with Gasteiger partial charge < -0.3 is 5.73 Å². The third-order valence-corrected chi connectivity index (χ3v) is 2.30. The highest BCUT2D eigenvalue weighted by molar-refractivity contribution is 5.66. The van der Waals surface area contributed by atoms with Crippen LogP contribution in [-0.4, -0.2) is 4.98 Å². The van der Waals surface area contributed by atoms with Gasteiger partial charge in [-0.3, -0.25) is 4.98 Å². The lowest BCUT2D eigenvalue weighted by Crippen LogP contribution is -2.02. The number of halogens is 2. The van der Waals surface area contributed by atoms with Gasteiger partial charge in [0.2, 0.25) is 0 Å². The molecule has 1 aromatic carbocycles. The molecule has 82 valence electrons. The van der Waals surface area contributed by atoms with Gasteiger partial charge in [0.05, 0.1) is 5.69 Å². The van der Waals surface area contributed by atoms with E-state index in [0.29, 0.717) is 16.8 Å². The normalized spacial score (nSPS) is 10.4. The van der Waals surface area contributed by atoms with Gasteiger partial charge in [-0.2, -0.15) is 0 Å². The molecule has 0 amide bonds. The van der Waals surface area contributed by atoms with E-state index in [1.165, 1.54) is 12.1 Å². The van der Waals surface area contributed by atoms with E-state index in [1.54, 1.807) is 18.3 Å². The van der Waals surface area contributed by atoms with Gasteiger partial charge in [0, 0.05) is 29.9 Å². The third-order valence-electron chi connectivity index (χ3n) is 2.30. The van der Waals surface area contributed by atoms with Crippen molar-refractivity contribution < 1.29 is 8.78 Å². The van der Waals surface area contributed by atoms with Crippen molar-refractivity contribution in [1.82, 2.24) is 4.98 Å². The van der Waals surface area contributed by atoms with Crippen molar-refractivity contribution in [1.29, 1.82) is 0 Å². The molecule has 4 heteroatoms. The minimum atomic E-state index is -0.609. The Labute approximate surface area is 91.7 Å². The van der Waals surface area contributed by atoms with Crippen LogP contribution in [0.1, 0.15) is 5.69 Å². The molecule has 0 bridgehead atoms. The molecule has 0 aliphatic heterocycles. The molecule has 1 heterocycles. The van der Waals surface area contributed by atoms with Crippen LogP contribution in [0.5, 0.6) is 0 Å². The van der Waals surface area contributed by atoms with Crippen molar-refractivity contribution in [3.05, 3.63) is 53.9 Å². The molecule has 0 fully saturated rings. The molecular formula is C12H10F2N2. The van der Waals surface area contributed by atoms with Crippen LogP contribution in [-0.2, 0) is 6.54 Å². The first-order valence-corrected chi connectivity index (χ1v) is 4.81. The van der Waals surface area contributed by atoms with Gasteiger partial charge in [-0.15, -0.1) is 0 Å². The maximum Gasteiger partial charge on any atom is 0.134 e. The Morgan fingerprint density at radius 3 is 2.62 bits per heavy atom. The average molecular weight is 220 g/mol. The summed E-state index contributed by atoms with van der Waals surface area (Å²) in [7, 11) is 0. The largest absolute Gasteiger partial charge is 0.325 e. The zero-order valence-corrected chi connectivity index (χ0v) is 8.45. The second-order valence-electron chi connectivity index (χ2n) is 3.33. The standard InChI is InChI=1S/C12H10F2N2/c13-8-3-4-9(11(14)6-8)10-2-1-5-16-12(10)7-15/h1-6H,7,15H2. The number of aromatic nitrogens is 1. The maximum absolute atomic E-state index is 13.5. The molecule has 0 aliphatic rings. The number of hydrogen-bond acceptors (Lipinski definition) is 2. The van der Waals surface area contributed by atoms with E-state index < -0.39 is 11.6 Å². The van der Waals surface area contributed by atoms with Gasteiger partial charge in [0.1, 0.15) is 11.6 Å². The zero-order valence-electron chi connectivity index (χ0n) is 8.45. The highest BCUT2D eigenvalue weighted by Crippen LogP contribution is 2.25. The van der Waals surface area contributed by atoms with Gasteiger partial charge in [-0.1, -0.05) is 6.07 Å². The second kappa shape index (κ2) is 4.37. The van der Waals surface area contributed by atoms with Crippen LogP contribution in [0.2, 0.25) is 0 Å². The Balaban J connectivity index is 2.58. The fraction of sp³-hybridized carbons (Fsp3) is 0.0833. The summed E-state index contributed by atoms with van der Waals surface area (Å²) in [5.74, 6) is -1.21. The summed E-state index contributed by atoms with van der Waals surface area (Å²) in [6.45, 7) is 0.215. The van der Waals surface area contributed by atoms with Crippen LogP contribution in [0.15, 0.2) is 36.5 Å². The number of nitrogens with zero attached hydrogens (tertiary/aromatic N) is 1. The van der Waals surface area contributed by atoms with E-state index in [9.17, 15) is 8.78 Å². The van der Waals surface area contributed by atoms with E-state index in [4.69, 9.17) is 5.73 Å². The van der Waals surface area contributed by atoms with Crippen molar-refractivity contribution in [2.45, 2.75) is 6.54 Å². The zero-order chi connectivity index (χ0) is 11.5. The van der Waals surface area contributed by atoms with Gasteiger partial charge in [0.25, 0.3) is 0 Å². The quantitative estimate of drug-likeness (QED) is 0.844. The van der Waals surface area contributed by atoms with Gasteiger partial charge >= 0.3 is 0 Å². The molecule has 16 heavy (non-hydrogen) atoms. The van der Waals surface area contributed by atoms with Crippen LogP contribution >= 0.6 is 0 Å². The lowest BCUT2D eigenvalue weighted by Gasteiger charge is -2.07. The molecule has 1 aromatic heterocycles. The first-order chi connectivity index (χ1) is 7.72. The SMILES string of the molecule is NCc1ncccc1-c1ccc(F)cc1F. The molecule has 0 aliphatic carbocycles. The van der Waals surface area contributed by atoms with Crippen LogP contribution < -0.4 is 5.73 Å². The molecule has 0 atom stereocenters. The summed E-state index contributed by atoms with van der Waals surface area (Å²) in [6.07, 6.45) is 1.59. The Kier molecular flexibility index (Phi) is 2.92. The van der Waals surface area contributed by atoms with E-state index >= 15 is 0 Å². The van der Waals surface area contributed by atoms with E-state index in [0.717, 1.165) is 6.07 Å². The minimum Gasteiger partial charge on any atom is -0.325 e. The minimum absolute atomic E-state index is 0.215. The smallest absolute Gasteiger partial charge is 0.134 e. The van der Waals surface area contributed by atoms with E-state index in [2.05, 4.69) is 4.98 Å². The summed E-state index contributed by atoms with van der Waals surface area (Å²) >= 11 is 0. The van der Waals surface area contributed by atoms with Crippen molar-refractivity contribution in [2.24, 2.45) is 5.73 Å². The molecule has 2 N–H and O–H groups in total. The molecular weight excluding hydrogens is 210 g/mol. The molecule has 0 saturated carbocycles. The predicted molar refractivity (Wildman–Crippen MR) is 57.5 cm³/mol. The van der Waals surface area contributed by atoms with Crippen molar-refractivity contribution >= 4 is 0 Å². The summed E-state index contributed by atoms with van der Waals surface area (Å²) in [5, 5.41) is 0. The van der Waals surface area contributed by atoms with Crippen LogP contribution in [0.4, 0.5) is 8.78 Å². The predicted octanol–water partition coefficient (Wildman–Crippen LogP) is 2.49. The number of nitrogens with two attached hydrogens (primary N) is 1. The summed E-state index contributed by atoms with van der Waals surface area (Å²) in [6, 6.07) is 6.86. The molecule has 0 radical (unpaired) electrons. The number of pyridine rings is 1. The monoisotopic (exact) mass is 220 g/mol.